The van der Waals surface area contributed by atoms with E-state index in [1.54, 1.807) is 6.92 Å². The molecule has 1 amide bonds. The van der Waals surface area contributed by atoms with Gasteiger partial charge in [-0.05, 0) is 44.4 Å². The van der Waals surface area contributed by atoms with Gasteiger partial charge in [-0.1, -0.05) is 0 Å². The smallest absolute Gasteiger partial charge is 0.221 e. The van der Waals surface area contributed by atoms with Crippen LogP contribution in [0, 0.1) is 20.8 Å². The van der Waals surface area contributed by atoms with E-state index in [0.29, 0.717) is 0 Å². The third-order valence-electron chi connectivity index (χ3n) is 3.49. The predicted octanol–water partition coefficient (Wildman–Crippen LogP) is 2.89. The number of hydrogen-bond donors (Lipinski definition) is 1. The van der Waals surface area contributed by atoms with E-state index >= 15 is 0 Å². The molecule has 0 saturated carbocycles. The van der Waals surface area contributed by atoms with Crippen molar-refractivity contribution >= 4 is 11.6 Å². The molecule has 0 spiro atoms. The zero-order valence-corrected chi connectivity index (χ0v) is 11.1. The van der Waals surface area contributed by atoms with Gasteiger partial charge in [-0.25, -0.2) is 0 Å². The van der Waals surface area contributed by atoms with Gasteiger partial charge in [0, 0.05) is 24.6 Å². The normalized spacial score (nSPS) is 17.6. The van der Waals surface area contributed by atoms with E-state index in [-0.39, 0.29) is 12.0 Å². The minimum absolute atomic E-state index is 0.0255. The molecule has 1 aromatic carbocycles. The number of anilines is 1. The molecular formula is C14H19NO2. The average Bonchev–Trinajstić information content (AvgIpc) is 2.63. The third-order valence-corrected chi connectivity index (χ3v) is 3.49. The van der Waals surface area contributed by atoms with Crippen LogP contribution in [0.2, 0.25) is 0 Å². The largest absolute Gasteiger partial charge is 0.490 e. The van der Waals surface area contributed by atoms with E-state index in [2.05, 4.69) is 26.1 Å². The van der Waals surface area contributed by atoms with Crippen molar-refractivity contribution in [2.75, 3.05) is 5.32 Å². The molecule has 1 N–H and O–H groups in total. The van der Waals surface area contributed by atoms with Crippen LogP contribution in [0.25, 0.3) is 0 Å². The summed E-state index contributed by atoms with van der Waals surface area (Å²) in [4.78, 5) is 11.3. The van der Waals surface area contributed by atoms with E-state index in [1.807, 2.05) is 6.92 Å². The van der Waals surface area contributed by atoms with Crippen LogP contribution in [0.5, 0.6) is 5.75 Å². The molecule has 0 radical (unpaired) electrons. The van der Waals surface area contributed by atoms with Gasteiger partial charge < -0.3 is 10.1 Å². The number of fused-ring (bicyclic) bond motifs is 1. The zero-order chi connectivity index (χ0) is 12.7. The summed E-state index contributed by atoms with van der Waals surface area (Å²) in [6, 6.07) is 0. The summed E-state index contributed by atoms with van der Waals surface area (Å²) in [5.74, 6) is 0.990. The second-order valence-corrected chi connectivity index (χ2v) is 4.87. The Bertz CT molecular complexity index is 492. The number of carbonyl (C=O) groups is 1. The van der Waals surface area contributed by atoms with E-state index in [4.69, 9.17) is 4.74 Å². The molecule has 1 atom stereocenters. The van der Waals surface area contributed by atoms with Gasteiger partial charge in [-0.3, -0.25) is 4.79 Å². The molecule has 0 saturated heterocycles. The number of benzene rings is 1. The summed E-state index contributed by atoms with van der Waals surface area (Å²) in [6.07, 6.45) is 1.16. The summed E-state index contributed by atoms with van der Waals surface area (Å²) in [6.45, 7) is 9.75. The van der Waals surface area contributed by atoms with Crippen molar-refractivity contribution in [1.82, 2.24) is 0 Å². The predicted molar refractivity (Wildman–Crippen MR) is 68.8 cm³/mol. The lowest BCUT2D eigenvalue weighted by Crippen LogP contribution is -2.10. The van der Waals surface area contributed by atoms with Crippen LogP contribution < -0.4 is 10.1 Å². The lowest BCUT2D eigenvalue weighted by molar-refractivity contribution is -0.114. The molecule has 92 valence electrons. The van der Waals surface area contributed by atoms with Gasteiger partial charge in [0.2, 0.25) is 5.91 Å². The maximum Gasteiger partial charge on any atom is 0.221 e. The quantitative estimate of drug-likeness (QED) is 0.810. The zero-order valence-electron chi connectivity index (χ0n) is 11.1. The minimum atomic E-state index is -0.0255. The molecule has 1 aliphatic rings. The van der Waals surface area contributed by atoms with Crippen molar-refractivity contribution in [1.29, 1.82) is 0 Å². The Hall–Kier alpha value is -1.51. The second-order valence-electron chi connectivity index (χ2n) is 4.87. The Morgan fingerprint density at radius 2 is 1.88 bits per heavy atom. The van der Waals surface area contributed by atoms with Gasteiger partial charge in [0.15, 0.2) is 0 Å². The topological polar surface area (TPSA) is 38.3 Å². The van der Waals surface area contributed by atoms with Crippen molar-refractivity contribution in [2.24, 2.45) is 0 Å². The second kappa shape index (κ2) is 4.06. The van der Waals surface area contributed by atoms with E-state index in [9.17, 15) is 4.79 Å². The number of nitrogens with one attached hydrogen (secondary N) is 1. The van der Waals surface area contributed by atoms with Crippen LogP contribution in [-0.2, 0) is 11.2 Å². The first-order valence-corrected chi connectivity index (χ1v) is 5.98. The van der Waals surface area contributed by atoms with Crippen molar-refractivity contribution in [3.63, 3.8) is 0 Å². The highest BCUT2D eigenvalue weighted by Gasteiger charge is 2.26. The number of ether oxygens (including phenoxy) is 1. The van der Waals surface area contributed by atoms with Crippen LogP contribution in [-0.4, -0.2) is 12.0 Å². The van der Waals surface area contributed by atoms with Crippen molar-refractivity contribution in [3.05, 3.63) is 22.3 Å². The summed E-state index contributed by atoms with van der Waals surface area (Å²) in [7, 11) is 0. The Labute approximate surface area is 102 Å². The Balaban J connectivity index is 2.60. The summed E-state index contributed by atoms with van der Waals surface area (Å²) in [5.41, 5.74) is 5.57. The molecular weight excluding hydrogens is 214 g/mol. The Kier molecular flexibility index (Phi) is 2.86. The molecule has 2 rings (SSSR count). The fraction of sp³-hybridized carbons (Fsp3) is 0.500. The molecule has 0 fully saturated rings. The van der Waals surface area contributed by atoms with E-state index in [1.165, 1.54) is 5.56 Å². The highest BCUT2D eigenvalue weighted by atomic mass is 16.5. The molecule has 0 bridgehead atoms. The molecule has 3 heteroatoms. The number of rotatable bonds is 1. The summed E-state index contributed by atoms with van der Waals surface area (Å²) >= 11 is 0. The van der Waals surface area contributed by atoms with Gasteiger partial charge in [0.1, 0.15) is 11.9 Å². The van der Waals surface area contributed by atoms with Crippen LogP contribution in [0.1, 0.15) is 36.1 Å². The molecule has 0 aliphatic carbocycles. The van der Waals surface area contributed by atoms with E-state index in [0.717, 1.165) is 34.5 Å². The van der Waals surface area contributed by atoms with Crippen molar-refractivity contribution in [3.8, 4) is 5.75 Å². The lowest BCUT2D eigenvalue weighted by Gasteiger charge is -2.17. The Morgan fingerprint density at radius 1 is 1.24 bits per heavy atom. The molecule has 1 aliphatic heterocycles. The number of hydrogen-bond acceptors (Lipinski definition) is 2. The van der Waals surface area contributed by atoms with Crippen LogP contribution in [0.4, 0.5) is 5.69 Å². The van der Waals surface area contributed by atoms with Gasteiger partial charge >= 0.3 is 0 Å². The first-order valence-electron chi connectivity index (χ1n) is 5.98. The molecule has 17 heavy (non-hydrogen) atoms. The highest BCUT2D eigenvalue weighted by molar-refractivity contribution is 5.91. The standard InChI is InChI=1S/C14H19NO2/c1-7-6-12-10(4)13(15-11(5)16)8(2)9(3)14(12)17-7/h7H,6H2,1-5H3,(H,15,16). The first kappa shape index (κ1) is 12.0. The maximum absolute atomic E-state index is 11.3. The number of carbonyl (C=O) groups excluding carboxylic acids is 1. The van der Waals surface area contributed by atoms with Crippen molar-refractivity contribution < 1.29 is 9.53 Å². The molecule has 3 nitrogen and oxygen atoms in total. The minimum Gasteiger partial charge on any atom is -0.490 e. The third kappa shape index (κ3) is 1.90. The maximum atomic E-state index is 11.3. The van der Waals surface area contributed by atoms with Crippen LogP contribution in [0.15, 0.2) is 0 Å². The van der Waals surface area contributed by atoms with Crippen LogP contribution >= 0.6 is 0 Å². The van der Waals surface area contributed by atoms with Gasteiger partial charge in [0.05, 0.1) is 0 Å². The van der Waals surface area contributed by atoms with E-state index < -0.39 is 0 Å². The van der Waals surface area contributed by atoms with Crippen LogP contribution in [0.3, 0.4) is 0 Å². The molecule has 1 heterocycles. The van der Waals surface area contributed by atoms with Crippen molar-refractivity contribution in [2.45, 2.75) is 47.1 Å². The molecule has 1 unspecified atom stereocenters. The van der Waals surface area contributed by atoms with Gasteiger partial charge in [-0.15, -0.1) is 0 Å². The fourth-order valence-electron chi connectivity index (χ4n) is 2.49. The summed E-state index contributed by atoms with van der Waals surface area (Å²) < 4.78 is 5.85. The van der Waals surface area contributed by atoms with Gasteiger partial charge in [0.25, 0.3) is 0 Å². The molecule has 1 aromatic rings. The fourth-order valence-corrected chi connectivity index (χ4v) is 2.49. The monoisotopic (exact) mass is 233 g/mol. The lowest BCUT2D eigenvalue weighted by atomic mass is 9.95. The first-order chi connectivity index (χ1) is 7.91. The van der Waals surface area contributed by atoms with Gasteiger partial charge in [-0.2, -0.15) is 0 Å². The SMILES string of the molecule is CC(=O)Nc1c(C)c(C)c2c(c1C)CC(C)O2. The highest BCUT2D eigenvalue weighted by Crippen LogP contribution is 2.41. The summed E-state index contributed by atoms with van der Waals surface area (Å²) in [5, 5.41) is 2.93. The molecule has 0 aromatic heterocycles. The number of amides is 1. The average molecular weight is 233 g/mol. The Morgan fingerprint density at radius 3 is 2.47 bits per heavy atom.